The zero-order valence-electron chi connectivity index (χ0n) is 20.0. The molecule has 1 aliphatic heterocycles. The number of amides is 1. The lowest BCUT2D eigenvalue weighted by molar-refractivity contribution is -0.141. The maximum atomic E-state index is 13.9. The third-order valence-corrected chi connectivity index (χ3v) is 6.33. The number of rotatable bonds is 4. The fourth-order valence-electron chi connectivity index (χ4n) is 4.71. The van der Waals surface area contributed by atoms with Gasteiger partial charge >= 0.3 is 6.18 Å². The molecule has 0 aliphatic carbocycles. The molecular weight excluding hydrogens is 473 g/mol. The van der Waals surface area contributed by atoms with Gasteiger partial charge in [0.25, 0.3) is 5.91 Å². The van der Waals surface area contributed by atoms with Crippen molar-refractivity contribution in [3.8, 4) is 0 Å². The molecule has 1 aliphatic rings. The standard InChI is InChI=1S/C25H25F3N6O2/c1-13(2)10-34(20-12-36-11-19-15(20)5-7-21(31-19)25(26,27)28)24(35)14-4-6-18-16(8-14)22-17(23(29)32-18)9-30-33(22)3/h4-9,13,20H,10-12H2,1-3H3,(H2,29,32). The Hall–Kier alpha value is -3.73. The highest BCUT2D eigenvalue weighted by Crippen LogP contribution is 2.35. The minimum absolute atomic E-state index is 0.0407. The van der Waals surface area contributed by atoms with Gasteiger partial charge < -0.3 is 15.4 Å². The van der Waals surface area contributed by atoms with Crippen LogP contribution >= 0.6 is 0 Å². The quantitative estimate of drug-likeness (QED) is 0.445. The minimum Gasteiger partial charge on any atom is -0.383 e. The average molecular weight is 499 g/mol. The number of hydrogen-bond donors (Lipinski definition) is 1. The van der Waals surface area contributed by atoms with E-state index in [1.165, 1.54) is 6.07 Å². The minimum atomic E-state index is -4.56. The van der Waals surface area contributed by atoms with Crippen molar-refractivity contribution in [1.29, 1.82) is 0 Å². The number of alkyl halides is 3. The van der Waals surface area contributed by atoms with Gasteiger partial charge in [0.1, 0.15) is 11.5 Å². The molecule has 4 heterocycles. The van der Waals surface area contributed by atoms with Crippen LogP contribution in [-0.2, 0) is 24.6 Å². The van der Waals surface area contributed by atoms with Gasteiger partial charge in [-0.25, -0.2) is 9.97 Å². The fourth-order valence-corrected chi connectivity index (χ4v) is 4.71. The Labute approximate surface area is 204 Å². The summed E-state index contributed by atoms with van der Waals surface area (Å²) >= 11 is 0. The van der Waals surface area contributed by atoms with E-state index < -0.39 is 17.9 Å². The predicted octanol–water partition coefficient (Wildman–Crippen LogP) is 4.49. The Balaban J connectivity index is 1.58. The number of nitrogens with two attached hydrogens (primary N) is 1. The number of nitrogens with zero attached hydrogens (tertiary/aromatic N) is 5. The third-order valence-electron chi connectivity index (χ3n) is 6.33. The average Bonchev–Trinajstić information content (AvgIpc) is 3.23. The van der Waals surface area contributed by atoms with Gasteiger partial charge in [0.2, 0.25) is 0 Å². The van der Waals surface area contributed by atoms with E-state index >= 15 is 0 Å². The van der Waals surface area contributed by atoms with Crippen molar-refractivity contribution in [1.82, 2.24) is 24.6 Å². The second kappa shape index (κ2) is 8.74. The van der Waals surface area contributed by atoms with E-state index in [2.05, 4.69) is 15.1 Å². The molecule has 3 aromatic heterocycles. The molecule has 0 spiro atoms. The van der Waals surface area contributed by atoms with E-state index in [1.54, 1.807) is 41.0 Å². The zero-order valence-corrected chi connectivity index (χ0v) is 20.0. The van der Waals surface area contributed by atoms with E-state index in [0.717, 1.165) is 17.0 Å². The Kier molecular flexibility index (Phi) is 5.82. The van der Waals surface area contributed by atoms with Gasteiger partial charge in [-0.15, -0.1) is 0 Å². The molecule has 0 radical (unpaired) electrons. The first-order valence-corrected chi connectivity index (χ1v) is 11.5. The van der Waals surface area contributed by atoms with Crippen LogP contribution in [0.4, 0.5) is 19.0 Å². The molecule has 5 rings (SSSR count). The summed E-state index contributed by atoms with van der Waals surface area (Å²) in [5.41, 5.74) is 7.68. The lowest BCUT2D eigenvalue weighted by atomic mass is 9.98. The number of aryl methyl sites for hydroxylation is 1. The first-order valence-electron chi connectivity index (χ1n) is 11.5. The van der Waals surface area contributed by atoms with Crippen molar-refractivity contribution >= 4 is 33.5 Å². The Bertz CT molecular complexity index is 1480. The number of ether oxygens (including phenoxy) is 1. The first-order chi connectivity index (χ1) is 17.0. The molecule has 1 aromatic carbocycles. The number of aromatic nitrogens is 4. The highest BCUT2D eigenvalue weighted by Gasteiger charge is 2.36. The van der Waals surface area contributed by atoms with Crippen molar-refractivity contribution in [3.63, 3.8) is 0 Å². The number of fused-ring (bicyclic) bond motifs is 4. The summed E-state index contributed by atoms with van der Waals surface area (Å²) < 4.78 is 46.9. The van der Waals surface area contributed by atoms with Crippen LogP contribution in [0.15, 0.2) is 36.5 Å². The topological polar surface area (TPSA) is 99.2 Å². The van der Waals surface area contributed by atoms with Crippen LogP contribution in [0, 0.1) is 5.92 Å². The fraction of sp³-hybridized carbons (Fsp3) is 0.360. The molecule has 0 fully saturated rings. The number of halogens is 3. The molecule has 188 valence electrons. The molecule has 8 nitrogen and oxygen atoms in total. The highest BCUT2D eigenvalue weighted by molar-refractivity contribution is 6.10. The molecule has 11 heteroatoms. The van der Waals surface area contributed by atoms with Crippen molar-refractivity contribution < 1.29 is 22.7 Å². The molecule has 1 unspecified atom stereocenters. The molecule has 1 atom stereocenters. The second-order valence-corrected chi connectivity index (χ2v) is 9.37. The van der Waals surface area contributed by atoms with E-state index in [-0.39, 0.29) is 30.7 Å². The smallest absolute Gasteiger partial charge is 0.383 e. The Morgan fingerprint density at radius 1 is 1.22 bits per heavy atom. The molecule has 0 bridgehead atoms. The Morgan fingerprint density at radius 2 is 2.00 bits per heavy atom. The van der Waals surface area contributed by atoms with Gasteiger partial charge in [-0.1, -0.05) is 19.9 Å². The number of carbonyl (C=O) groups is 1. The summed E-state index contributed by atoms with van der Waals surface area (Å²) in [7, 11) is 1.79. The van der Waals surface area contributed by atoms with Gasteiger partial charge in [-0.2, -0.15) is 18.3 Å². The molecule has 0 saturated carbocycles. The third kappa shape index (κ3) is 4.13. The van der Waals surface area contributed by atoms with Gasteiger partial charge in [-0.3, -0.25) is 9.48 Å². The van der Waals surface area contributed by atoms with Gasteiger partial charge in [0.15, 0.2) is 0 Å². The lowest BCUT2D eigenvalue weighted by Gasteiger charge is -2.36. The summed E-state index contributed by atoms with van der Waals surface area (Å²) in [6.45, 7) is 4.45. The van der Waals surface area contributed by atoms with Crippen LogP contribution in [0.3, 0.4) is 0 Å². The summed E-state index contributed by atoms with van der Waals surface area (Å²) in [5, 5.41) is 5.69. The maximum Gasteiger partial charge on any atom is 0.433 e. The second-order valence-electron chi connectivity index (χ2n) is 9.37. The monoisotopic (exact) mass is 498 g/mol. The number of pyridine rings is 2. The van der Waals surface area contributed by atoms with Crippen molar-refractivity contribution in [3.05, 3.63) is 59.0 Å². The van der Waals surface area contributed by atoms with Crippen molar-refractivity contribution in [2.24, 2.45) is 13.0 Å². The molecule has 0 saturated heterocycles. The molecule has 36 heavy (non-hydrogen) atoms. The molecule has 1 amide bonds. The molecule has 4 aromatic rings. The van der Waals surface area contributed by atoms with Gasteiger partial charge in [0, 0.05) is 30.1 Å². The predicted molar refractivity (Wildman–Crippen MR) is 128 cm³/mol. The van der Waals surface area contributed by atoms with Crippen LogP contribution in [0.25, 0.3) is 21.8 Å². The van der Waals surface area contributed by atoms with E-state index in [9.17, 15) is 18.0 Å². The number of benzene rings is 1. The first kappa shape index (κ1) is 24.0. The molecule has 2 N–H and O–H groups in total. The van der Waals surface area contributed by atoms with Crippen LogP contribution < -0.4 is 5.73 Å². The number of hydrogen-bond acceptors (Lipinski definition) is 6. The summed E-state index contributed by atoms with van der Waals surface area (Å²) in [6, 6.07) is 6.97. The number of nitrogen functional groups attached to an aromatic ring is 1. The van der Waals surface area contributed by atoms with Crippen LogP contribution in [0.2, 0.25) is 0 Å². The summed E-state index contributed by atoms with van der Waals surface area (Å²) in [6.07, 6.45) is -2.93. The van der Waals surface area contributed by atoms with E-state index in [4.69, 9.17) is 10.5 Å². The zero-order chi connectivity index (χ0) is 25.8. The van der Waals surface area contributed by atoms with Crippen LogP contribution in [0.1, 0.15) is 47.2 Å². The maximum absolute atomic E-state index is 13.9. The highest BCUT2D eigenvalue weighted by atomic mass is 19.4. The number of carbonyl (C=O) groups excluding carboxylic acids is 1. The van der Waals surface area contributed by atoms with E-state index in [1.807, 2.05) is 13.8 Å². The van der Waals surface area contributed by atoms with E-state index in [0.29, 0.717) is 34.4 Å². The molecular formula is C25H25F3N6O2. The largest absolute Gasteiger partial charge is 0.433 e. The Morgan fingerprint density at radius 3 is 2.72 bits per heavy atom. The van der Waals surface area contributed by atoms with Gasteiger partial charge in [0.05, 0.1) is 47.6 Å². The lowest BCUT2D eigenvalue weighted by Crippen LogP contribution is -2.41. The van der Waals surface area contributed by atoms with Crippen LogP contribution in [0.5, 0.6) is 0 Å². The number of anilines is 1. The van der Waals surface area contributed by atoms with Crippen molar-refractivity contribution in [2.45, 2.75) is 32.7 Å². The summed E-state index contributed by atoms with van der Waals surface area (Å²) in [4.78, 5) is 23.8. The van der Waals surface area contributed by atoms with Gasteiger partial charge in [-0.05, 0) is 30.2 Å². The summed E-state index contributed by atoms with van der Waals surface area (Å²) in [5.74, 6) is 0.194. The van der Waals surface area contributed by atoms with Crippen molar-refractivity contribution in [2.75, 3.05) is 18.9 Å². The SMILES string of the molecule is CC(C)CN(C(=O)c1ccc2nc(N)c3cnn(C)c3c2c1)C1COCc2nc(C(F)(F)F)ccc21. The van der Waals surface area contributed by atoms with Crippen LogP contribution in [-0.4, -0.2) is 43.7 Å². The normalized spacial score (nSPS) is 16.0.